The molecule has 0 saturated carbocycles. The monoisotopic (exact) mass is 292 g/mol. The van der Waals surface area contributed by atoms with E-state index in [1.54, 1.807) is 23.8 Å². The summed E-state index contributed by atoms with van der Waals surface area (Å²) in [4.78, 5) is 16.3. The molecule has 0 spiro atoms. The maximum Gasteiger partial charge on any atom is 0.345 e. The molecule has 0 aromatic carbocycles. The SMILES string of the molecule is Cc1nnc2c(Sc3csc(C(=O)O)c3)nccn12. The summed E-state index contributed by atoms with van der Waals surface area (Å²) < 4.78 is 1.85. The van der Waals surface area contributed by atoms with Crippen LogP contribution in [0.3, 0.4) is 0 Å². The number of carboxylic acid groups (broad SMARTS) is 1. The molecule has 0 saturated heterocycles. The van der Waals surface area contributed by atoms with Gasteiger partial charge in [-0.3, -0.25) is 4.40 Å². The molecule has 0 aliphatic carbocycles. The van der Waals surface area contributed by atoms with Crippen molar-refractivity contribution in [3.05, 3.63) is 34.5 Å². The lowest BCUT2D eigenvalue weighted by Gasteiger charge is -1.99. The van der Waals surface area contributed by atoms with E-state index >= 15 is 0 Å². The van der Waals surface area contributed by atoms with Crippen molar-refractivity contribution >= 4 is 34.7 Å². The Balaban J connectivity index is 1.98. The van der Waals surface area contributed by atoms with Crippen molar-refractivity contribution in [2.45, 2.75) is 16.8 Å². The molecular formula is C11H8N4O2S2. The van der Waals surface area contributed by atoms with Crippen LogP contribution in [0.25, 0.3) is 5.65 Å². The van der Waals surface area contributed by atoms with Crippen LogP contribution in [0.5, 0.6) is 0 Å². The Morgan fingerprint density at radius 1 is 1.47 bits per heavy atom. The van der Waals surface area contributed by atoms with E-state index < -0.39 is 5.97 Å². The minimum Gasteiger partial charge on any atom is -0.477 e. The van der Waals surface area contributed by atoms with Gasteiger partial charge in [0.1, 0.15) is 15.7 Å². The van der Waals surface area contributed by atoms with E-state index in [4.69, 9.17) is 5.11 Å². The molecule has 0 unspecified atom stereocenters. The lowest BCUT2D eigenvalue weighted by Crippen LogP contribution is -1.92. The summed E-state index contributed by atoms with van der Waals surface area (Å²) in [7, 11) is 0. The molecule has 3 aromatic rings. The zero-order valence-electron chi connectivity index (χ0n) is 9.77. The van der Waals surface area contributed by atoms with Gasteiger partial charge >= 0.3 is 5.97 Å². The number of aromatic carboxylic acids is 1. The first-order valence-electron chi connectivity index (χ1n) is 5.31. The van der Waals surface area contributed by atoms with Gasteiger partial charge in [-0.1, -0.05) is 11.8 Å². The Labute approximate surface area is 116 Å². The van der Waals surface area contributed by atoms with Crippen LogP contribution >= 0.6 is 23.1 Å². The Hall–Kier alpha value is -1.93. The molecule has 0 amide bonds. The topological polar surface area (TPSA) is 80.4 Å². The third kappa shape index (κ3) is 2.20. The number of carboxylic acids is 1. The Kier molecular flexibility index (Phi) is 2.96. The summed E-state index contributed by atoms with van der Waals surface area (Å²) in [6.07, 6.45) is 3.47. The van der Waals surface area contributed by atoms with Crippen LogP contribution in [0.2, 0.25) is 0 Å². The zero-order valence-corrected chi connectivity index (χ0v) is 11.4. The van der Waals surface area contributed by atoms with Crippen LogP contribution in [-0.4, -0.2) is 30.7 Å². The molecule has 0 aliphatic heterocycles. The summed E-state index contributed by atoms with van der Waals surface area (Å²) in [5, 5.41) is 19.5. The lowest BCUT2D eigenvalue weighted by atomic mass is 10.5. The Bertz CT molecular complexity index is 765. The zero-order chi connectivity index (χ0) is 13.4. The van der Waals surface area contributed by atoms with Gasteiger partial charge in [0.15, 0.2) is 5.65 Å². The number of carbonyl (C=O) groups is 1. The van der Waals surface area contributed by atoms with Gasteiger partial charge in [0.2, 0.25) is 0 Å². The molecule has 3 aromatic heterocycles. The van der Waals surface area contributed by atoms with E-state index in [0.717, 1.165) is 10.7 Å². The first-order chi connectivity index (χ1) is 9.15. The fourth-order valence-electron chi connectivity index (χ4n) is 1.59. The number of nitrogens with zero attached hydrogens (tertiary/aromatic N) is 4. The van der Waals surface area contributed by atoms with Crippen molar-refractivity contribution in [3.8, 4) is 0 Å². The molecule has 3 rings (SSSR count). The summed E-state index contributed by atoms with van der Waals surface area (Å²) in [6.45, 7) is 1.86. The molecule has 0 fully saturated rings. The normalized spacial score (nSPS) is 11.0. The number of hydrogen-bond acceptors (Lipinski definition) is 6. The van der Waals surface area contributed by atoms with E-state index in [-0.39, 0.29) is 0 Å². The average Bonchev–Trinajstić information content (AvgIpc) is 2.98. The smallest absolute Gasteiger partial charge is 0.345 e. The third-order valence-corrected chi connectivity index (χ3v) is 4.49. The van der Waals surface area contributed by atoms with E-state index in [2.05, 4.69) is 15.2 Å². The van der Waals surface area contributed by atoms with Crippen molar-refractivity contribution in [1.82, 2.24) is 19.6 Å². The van der Waals surface area contributed by atoms with Crippen molar-refractivity contribution in [3.63, 3.8) is 0 Å². The molecule has 8 heteroatoms. The van der Waals surface area contributed by atoms with Crippen molar-refractivity contribution < 1.29 is 9.90 Å². The summed E-state index contributed by atoms with van der Waals surface area (Å²) in [6, 6.07) is 1.63. The first kappa shape index (κ1) is 12.1. The molecule has 3 heterocycles. The van der Waals surface area contributed by atoms with E-state index in [9.17, 15) is 4.79 Å². The highest BCUT2D eigenvalue weighted by Crippen LogP contribution is 2.31. The molecule has 19 heavy (non-hydrogen) atoms. The van der Waals surface area contributed by atoms with Crippen LogP contribution in [0.4, 0.5) is 0 Å². The van der Waals surface area contributed by atoms with E-state index in [0.29, 0.717) is 15.6 Å². The summed E-state index contributed by atoms with van der Waals surface area (Å²) >= 11 is 2.58. The summed E-state index contributed by atoms with van der Waals surface area (Å²) in [5.74, 6) is -0.128. The first-order valence-corrected chi connectivity index (χ1v) is 7.01. The number of hydrogen-bond donors (Lipinski definition) is 1. The highest BCUT2D eigenvalue weighted by atomic mass is 32.2. The lowest BCUT2D eigenvalue weighted by molar-refractivity contribution is 0.0702. The molecule has 0 radical (unpaired) electrons. The largest absolute Gasteiger partial charge is 0.477 e. The van der Waals surface area contributed by atoms with Crippen LogP contribution in [0.1, 0.15) is 15.5 Å². The van der Waals surface area contributed by atoms with Crippen LogP contribution in [0, 0.1) is 6.92 Å². The van der Waals surface area contributed by atoms with Gasteiger partial charge < -0.3 is 5.11 Å². The van der Waals surface area contributed by atoms with Gasteiger partial charge in [0.05, 0.1) is 0 Å². The van der Waals surface area contributed by atoms with Gasteiger partial charge in [0, 0.05) is 22.7 Å². The fraction of sp³-hybridized carbons (Fsp3) is 0.0909. The minimum absolute atomic E-state index is 0.312. The van der Waals surface area contributed by atoms with Crippen molar-refractivity contribution in [1.29, 1.82) is 0 Å². The van der Waals surface area contributed by atoms with E-state index in [1.165, 1.54) is 23.1 Å². The Morgan fingerprint density at radius 3 is 3.05 bits per heavy atom. The number of aromatic nitrogens is 4. The second-order valence-electron chi connectivity index (χ2n) is 3.73. The molecule has 0 bridgehead atoms. The second kappa shape index (κ2) is 4.63. The molecule has 6 nitrogen and oxygen atoms in total. The van der Waals surface area contributed by atoms with E-state index in [1.807, 2.05) is 11.3 Å². The Morgan fingerprint density at radius 2 is 2.32 bits per heavy atom. The third-order valence-electron chi connectivity index (χ3n) is 2.47. The number of thiophene rings is 1. The van der Waals surface area contributed by atoms with Crippen LogP contribution < -0.4 is 0 Å². The highest BCUT2D eigenvalue weighted by molar-refractivity contribution is 7.99. The van der Waals surface area contributed by atoms with Crippen molar-refractivity contribution in [2.24, 2.45) is 0 Å². The maximum atomic E-state index is 10.8. The predicted molar refractivity (Wildman–Crippen MR) is 70.9 cm³/mol. The highest BCUT2D eigenvalue weighted by Gasteiger charge is 2.12. The standard InChI is InChI=1S/C11H8N4O2S2/c1-6-13-14-9-10(12-2-3-15(6)9)19-7-4-8(11(16)17)18-5-7/h2-5H,1H3,(H,16,17). The van der Waals surface area contributed by atoms with Gasteiger partial charge in [-0.05, 0) is 13.0 Å². The number of aryl methyl sites for hydroxylation is 1. The number of rotatable bonds is 3. The number of fused-ring (bicyclic) bond motifs is 1. The van der Waals surface area contributed by atoms with Crippen molar-refractivity contribution in [2.75, 3.05) is 0 Å². The van der Waals surface area contributed by atoms with Crippen LogP contribution in [-0.2, 0) is 0 Å². The maximum absolute atomic E-state index is 10.8. The average molecular weight is 292 g/mol. The second-order valence-corrected chi connectivity index (χ2v) is 5.70. The molecule has 96 valence electrons. The van der Waals surface area contributed by atoms with Gasteiger partial charge in [-0.2, -0.15) is 0 Å². The van der Waals surface area contributed by atoms with Gasteiger partial charge in [-0.15, -0.1) is 21.5 Å². The quantitative estimate of drug-likeness (QED) is 0.798. The predicted octanol–water partition coefficient (Wildman–Crippen LogP) is 2.34. The summed E-state index contributed by atoms with van der Waals surface area (Å²) in [5.41, 5.74) is 0.674. The fourth-order valence-corrected chi connectivity index (χ4v) is 3.35. The van der Waals surface area contributed by atoms with Gasteiger partial charge in [0.25, 0.3) is 0 Å². The molecule has 0 atom stereocenters. The minimum atomic E-state index is -0.915. The molecule has 1 N–H and O–H groups in total. The van der Waals surface area contributed by atoms with Crippen LogP contribution in [0.15, 0.2) is 33.8 Å². The molecular weight excluding hydrogens is 284 g/mol. The van der Waals surface area contributed by atoms with Gasteiger partial charge in [-0.25, -0.2) is 9.78 Å². The molecule has 0 aliphatic rings.